The quantitative estimate of drug-likeness (QED) is 0.445. The van der Waals surface area contributed by atoms with Crippen LogP contribution in [0.15, 0.2) is 53.7 Å². The molecule has 3 N–H and O–H groups in total. The fourth-order valence-electron chi connectivity index (χ4n) is 3.29. The van der Waals surface area contributed by atoms with Crippen LogP contribution in [0.1, 0.15) is 16.7 Å². The molecule has 0 fully saturated rings. The van der Waals surface area contributed by atoms with Crippen molar-refractivity contribution < 1.29 is 4.74 Å². The third-order valence-electron chi connectivity index (χ3n) is 4.71. The Hall–Kier alpha value is -2.95. The van der Waals surface area contributed by atoms with Gasteiger partial charge in [0.1, 0.15) is 5.75 Å². The summed E-state index contributed by atoms with van der Waals surface area (Å²) in [7, 11) is 3.51. The highest BCUT2D eigenvalue weighted by Crippen LogP contribution is 2.20. The minimum absolute atomic E-state index is 0.798. The van der Waals surface area contributed by atoms with E-state index in [4.69, 9.17) is 4.74 Å². The molecule has 0 saturated carbocycles. The molecule has 0 spiro atoms. The van der Waals surface area contributed by atoms with Gasteiger partial charge in [0.05, 0.1) is 7.11 Å². The molecule has 27 heavy (non-hydrogen) atoms. The maximum Gasteiger partial charge on any atom is 0.190 e. The van der Waals surface area contributed by atoms with Crippen LogP contribution in [0.5, 0.6) is 5.75 Å². The minimum atomic E-state index is 0.798. The molecule has 2 aromatic carbocycles. The first kappa shape index (κ1) is 18.8. The molecule has 3 aromatic rings. The van der Waals surface area contributed by atoms with Crippen LogP contribution < -0.4 is 15.4 Å². The van der Waals surface area contributed by atoms with Gasteiger partial charge in [-0.3, -0.25) is 4.99 Å². The summed E-state index contributed by atoms with van der Waals surface area (Å²) in [4.78, 5) is 7.64. The number of guanidine groups is 1. The molecule has 0 amide bonds. The molecular formula is C22H28N4O. The van der Waals surface area contributed by atoms with Gasteiger partial charge in [-0.15, -0.1) is 0 Å². The van der Waals surface area contributed by atoms with Crippen LogP contribution in [-0.4, -0.2) is 38.2 Å². The number of ether oxygens (including phenoxy) is 1. The highest BCUT2D eigenvalue weighted by Gasteiger charge is 2.05. The third kappa shape index (κ3) is 4.82. The Morgan fingerprint density at radius 2 is 1.78 bits per heavy atom. The molecule has 3 rings (SSSR count). The number of methoxy groups -OCH3 is 1. The van der Waals surface area contributed by atoms with Crippen molar-refractivity contribution in [3.05, 3.63) is 65.4 Å². The van der Waals surface area contributed by atoms with Gasteiger partial charge >= 0.3 is 0 Å². The molecule has 5 nitrogen and oxygen atoms in total. The number of aromatic amines is 1. The van der Waals surface area contributed by atoms with Gasteiger partial charge in [0.25, 0.3) is 0 Å². The lowest BCUT2D eigenvalue weighted by molar-refractivity contribution is 0.409. The SMILES string of the molecule is CN=C(NCCc1cc(C)ccc1OC)NCCc1c[nH]c2ccccc12. The van der Waals surface area contributed by atoms with Gasteiger partial charge in [-0.1, -0.05) is 35.9 Å². The number of fused-ring (bicyclic) bond motifs is 1. The number of aryl methyl sites for hydroxylation is 1. The first-order valence-corrected chi connectivity index (χ1v) is 9.34. The third-order valence-corrected chi connectivity index (χ3v) is 4.71. The highest BCUT2D eigenvalue weighted by atomic mass is 16.5. The summed E-state index contributed by atoms with van der Waals surface area (Å²) in [5, 5.41) is 8.06. The van der Waals surface area contributed by atoms with E-state index in [2.05, 4.69) is 70.1 Å². The Morgan fingerprint density at radius 1 is 1.04 bits per heavy atom. The lowest BCUT2D eigenvalue weighted by Crippen LogP contribution is -2.39. The summed E-state index contributed by atoms with van der Waals surface area (Å²) < 4.78 is 5.45. The van der Waals surface area contributed by atoms with Crippen LogP contribution in [0, 0.1) is 6.92 Å². The zero-order valence-electron chi connectivity index (χ0n) is 16.3. The van der Waals surface area contributed by atoms with Crippen molar-refractivity contribution in [2.24, 2.45) is 4.99 Å². The van der Waals surface area contributed by atoms with Crippen molar-refractivity contribution in [2.75, 3.05) is 27.2 Å². The molecule has 5 heteroatoms. The van der Waals surface area contributed by atoms with E-state index < -0.39 is 0 Å². The largest absolute Gasteiger partial charge is 0.496 e. The Kier molecular flexibility index (Phi) is 6.36. The Bertz CT molecular complexity index is 914. The van der Waals surface area contributed by atoms with Gasteiger partial charge in [0.2, 0.25) is 0 Å². The number of hydrogen-bond acceptors (Lipinski definition) is 2. The highest BCUT2D eigenvalue weighted by molar-refractivity contribution is 5.83. The first-order valence-electron chi connectivity index (χ1n) is 9.34. The maximum absolute atomic E-state index is 5.45. The van der Waals surface area contributed by atoms with Crippen LogP contribution in [0.4, 0.5) is 0 Å². The van der Waals surface area contributed by atoms with Crippen molar-refractivity contribution in [2.45, 2.75) is 19.8 Å². The summed E-state index contributed by atoms with van der Waals surface area (Å²) in [5.74, 6) is 1.76. The van der Waals surface area contributed by atoms with Crippen molar-refractivity contribution in [1.82, 2.24) is 15.6 Å². The Balaban J connectivity index is 1.48. The zero-order chi connectivity index (χ0) is 19.1. The summed E-state index contributed by atoms with van der Waals surface area (Å²) in [6.45, 7) is 3.73. The van der Waals surface area contributed by atoms with Gasteiger partial charge in [-0.25, -0.2) is 0 Å². The van der Waals surface area contributed by atoms with Crippen molar-refractivity contribution in [3.63, 3.8) is 0 Å². The molecule has 0 aliphatic heterocycles. The molecule has 0 unspecified atom stereocenters. The molecule has 0 aliphatic rings. The summed E-state index contributed by atoms with van der Waals surface area (Å²) in [6.07, 6.45) is 3.91. The second-order valence-electron chi connectivity index (χ2n) is 6.60. The van der Waals surface area contributed by atoms with Crippen molar-refractivity contribution in [1.29, 1.82) is 0 Å². The van der Waals surface area contributed by atoms with Gasteiger partial charge in [0.15, 0.2) is 5.96 Å². The summed E-state index contributed by atoms with van der Waals surface area (Å²) in [6, 6.07) is 14.7. The molecule has 0 atom stereocenters. The van der Waals surface area contributed by atoms with Gasteiger partial charge in [0, 0.05) is 37.2 Å². The lowest BCUT2D eigenvalue weighted by Gasteiger charge is -2.13. The molecule has 142 valence electrons. The minimum Gasteiger partial charge on any atom is -0.496 e. The van der Waals surface area contributed by atoms with E-state index in [1.165, 1.54) is 27.6 Å². The monoisotopic (exact) mass is 364 g/mol. The predicted molar refractivity (Wildman–Crippen MR) is 113 cm³/mol. The number of rotatable bonds is 7. The van der Waals surface area contributed by atoms with Crippen LogP contribution >= 0.6 is 0 Å². The molecular weight excluding hydrogens is 336 g/mol. The number of aliphatic imine (C=N–C) groups is 1. The van der Waals surface area contributed by atoms with Crippen molar-refractivity contribution >= 4 is 16.9 Å². The first-order chi connectivity index (χ1) is 13.2. The molecule has 0 bridgehead atoms. The van der Waals surface area contributed by atoms with Gasteiger partial charge in [-0.05, 0) is 43.0 Å². The van der Waals surface area contributed by atoms with Gasteiger partial charge < -0.3 is 20.4 Å². The van der Waals surface area contributed by atoms with Crippen LogP contribution in [0.2, 0.25) is 0 Å². The van der Waals surface area contributed by atoms with E-state index in [-0.39, 0.29) is 0 Å². The average molecular weight is 364 g/mol. The fraction of sp³-hybridized carbons (Fsp3) is 0.318. The second-order valence-corrected chi connectivity index (χ2v) is 6.60. The normalized spacial score (nSPS) is 11.6. The summed E-state index contributed by atoms with van der Waals surface area (Å²) >= 11 is 0. The van der Waals surface area contributed by atoms with E-state index in [0.717, 1.165) is 37.6 Å². The number of H-pyrrole nitrogens is 1. The smallest absolute Gasteiger partial charge is 0.190 e. The van der Waals surface area contributed by atoms with Gasteiger partial charge in [-0.2, -0.15) is 0 Å². The topological polar surface area (TPSA) is 61.4 Å². The molecule has 1 heterocycles. The fourth-order valence-corrected chi connectivity index (χ4v) is 3.29. The molecule has 0 radical (unpaired) electrons. The predicted octanol–water partition coefficient (Wildman–Crippen LogP) is 3.44. The van der Waals surface area contributed by atoms with E-state index in [9.17, 15) is 0 Å². The molecule has 1 aromatic heterocycles. The zero-order valence-corrected chi connectivity index (χ0v) is 16.3. The van der Waals surface area contributed by atoms with E-state index in [1.807, 2.05) is 6.07 Å². The van der Waals surface area contributed by atoms with Crippen LogP contribution in [0.25, 0.3) is 10.9 Å². The number of nitrogens with zero attached hydrogens (tertiary/aromatic N) is 1. The summed E-state index contributed by atoms with van der Waals surface area (Å²) in [5.41, 5.74) is 4.95. The van der Waals surface area contributed by atoms with E-state index in [0.29, 0.717) is 0 Å². The maximum atomic E-state index is 5.45. The Morgan fingerprint density at radius 3 is 2.52 bits per heavy atom. The Labute approximate surface area is 160 Å². The number of benzene rings is 2. The number of nitrogens with one attached hydrogen (secondary N) is 3. The van der Waals surface area contributed by atoms with E-state index >= 15 is 0 Å². The number of para-hydroxylation sites is 1. The lowest BCUT2D eigenvalue weighted by atomic mass is 10.1. The molecule has 0 saturated heterocycles. The van der Waals surface area contributed by atoms with Crippen LogP contribution in [0.3, 0.4) is 0 Å². The second kappa shape index (κ2) is 9.12. The number of aromatic nitrogens is 1. The number of hydrogen-bond donors (Lipinski definition) is 3. The molecule has 0 aliphatic carbocycles. The average Bonchev–Trinajstić information content (AvgIpc) is 3.10. The van der Waals surface area contributed by atoms with E-state index in [1.54, 1.807) is 14.2 Å². The van der Waals surface area contributed by atoms with Crippen LogP contribution in [-0.2, 0) is 12.8 Å². The van der Waals surface area contributed by atoms with Crippen molar-refractivity contribution in [3.8, 4) is 5.75 Å². The standard InChI is InChI=1S/C22H28N4O/c1-16-8-9-21(27-3)17(14-16)10-12-24-22(23-2)25-13-11-18-15-26-20-7-5-4-6-19(18)20/h4-9,14-15,26H,10-13H2,1-3H3,(H2,23,24,25).